The first kappa shape index (κ1) is 20.3. The van der Waals surface area contributed by atoms with Gasteiger partial charge in [0.2, 0.25) is 16.2 Å². The molecule has 0 spiro atoms. The van der Waals surface area contributed by atoms with Crippen LogP contribution in [-0.4, -0.2) is 64.8 Å². The molecule has 1 amide bonds. The van der Waals surface area contributed by atoms with E-state index in [1.54, 1.807) is 11.3 Å². The highest BCUT2D eigenvalue weighted by Crippen LogP contribution is 2.29. The number of carbonyl (C=O) groups excluding carboxylic acids is 1. The summed E-state index contributed by atoms with van der Waals surface area (Å²) in [7, 11) is 0. The number of nitrogens with zero attached hydrogens (tertiary/aromatic N) is 5. The number of carbonyl (C=O) groups is 1. The fourth-order valence-electron chi connectivity index (χ4n) is 4.43. The van der Waals surface area contributed by atoms with Gasteiger partial charge in [0.25, 0.3) is 0 Å². The van der Waals surface area contributed by atoms with E-state index in [-0.39, 0.29) is 11.8 Å². The Hall–Kier alpha value is -1.93. The second-order valence-corrected chi connectivity index (χ2v) is 9.23. The molecule has 4 rings (SSSR count). The highest BCUT2D eigenvalue weighted by molar-refractivity contribution is 7.17. The van der Waals surface area contributed by atoms with E-state index in [1.807, 2.05) is 0 Å². The quantitative estimate of drug-likeness (QED) is 0.703. The Balaban J connectivity index is 1.29. The van der Waals surface area contributed by atoms with E-state index in [9.17, 15) is 4.79 Å². The molecule has 8 heteroatoms. The van der Waals surface area contributed by atoms with Crippen molar-refractivity contribution in [2.75, 3.05) is 44.2 Å². The summed E-state index contributed by atoms with van der Waals surface area (Å²) in [6.07, 6.45) is 5.65. The third-order valence-electron chi connectivity index (χ3n) is 6.08. The largest absolute Gasteiger partial charge is 0.356 e. The Labute approximate surface area is 177 Å². The Morgan fingerprint density at radius 1 is 1.10 bits per heavy atom. The van der Waals surface area contributed by atoms with Crippen molar-refractivity contribution in [3.63, 3.8) is 0 Å². The summed E-state index contributed by atoms with van der Waals surface area (Å²) in [4.78, 5) is 17.4. The fourth-order valence-corrected chi connectivity index (χ4v) is 5.43. The predicted octanol–water partition coefficient (Wildman–Crippen LogP) is 2.76. The average molecular weight is 417 g/mol. The van der Waals surface area contributed by atoms with E-state index in [1.165, 1.54) is 25.9 Å². The summed E-state index contributed by atoms with van der Waals surface area (Å²) in [6.45, 7) is 10.2. The number of rotatable bonds is 7. The van der Waals surface area contributed by atoms with Crippen molar-refractivity contribution in [3.05, 3.63) is 23.5 Å². The molecule has 1 unspecified atom stereocenters. The van der Waals surface area contributed by atoms with E-state index in [2.05, 4.69) is 55.9 Å². The summed E-state index contributed by atoms with van der Waals surface area (Å²) in [5.74, 6) is 0.232. The summed E-state index contributed by atoms with van der Waals surface area (Å²) < 4.78 is 2.13. The van der Waals surface area contributed by atoms with Crippen LogP contribution >= 0.6 is 11.3 Å². The van der Waals surface area contributed by atoms with Crippen LogP contribution in [0.3, 0.4) is 0 Å². The minimum atomic E-state index is 0.0398. The molecule has 158 valence electrons. The lowest BCUT2D eigenvalue weighted by Gasteiger charge is -2.31. The number of aryl methyl sites for hydroxylation is 2. The van der Waals surface area contributed by atoms with Gasteiger partial charge in [0, 0.05) is 31.0 Å². The summed E-state index contributed by atoms with van der Waals surface area (Å²) in [6, 6.07) is 4.20. The zero-order valence-electron chi connectivity index (χ0n) is 17.6. The molecular weight excluding hydrogens is 384 g/mol. The van der Waals surface area contributed by atoms with E-state index >= 15 is 0 Å². The van der Waals surface area contributed by atoms with Gasteiger partial charge < -0.3 is 15.1 Å². The van der Waals surface area contributed by atoms with Gasteiger partial charge in [0.15, 0.2) is 0 Å². The average Bonchev–Trinajstić information content (AvgIpc) is 3.47. The van der Waals surface area contributed by atoms with Crippen molar-refractivity contribution in [1.82, 2.24) is 25.0 Å². The van der Waals surface area contributed by atoms with Crippen LogP contribution in [0.1, 0.15) is 43.5 Å². The van der Waals surface area contributed by atoms with E-state index in [0.29, 0.717) is 0 Å². The minimum Gasteiger partial charge on any atom is -0.356 e. The van der Waals surface area contributed by atoms with Gasteiger partial charge in [-0.2, -0.15) is 0 Å². The van der Waals surface area contributed by atoms with E-state index in [0.717, 1.165) is 67.1 Å². The maximum absolute atomic E-state index is 12.7. The number of piperidine rings is 1. The molecule has 2 aromatic rings. The second kappa shape index (κ2) is 9.26. The predicted molar refractivity (Wildman–Crippen MR) is 117 cm³/mol. The molecule has 0 aliphatic carbocycles. The van der Waals surface area contributed by atoms with Crippen LogP contribution in [0.2, 0.25) is 0 Å². The number of amides is 1. The molecule has 2 fully saturated rings. The molecule has 2 aromatic heterocycles. The lowest BCUT2D eigenvalue weighted by Crippen LogP contribution is -2.43. The first-order valence-corrected chi connectivity index (χ1v) is 11.7. The molecule has 29 heavy (non-hydrogen) atoms. The number of aromatic nitrogens is 3. The van der Waals surface area contributed by atoms with Gasteiger partial charge in [-0.3, -0.25) is 9.36 Å². The molecule has 0 radical (unpaired) electrons. The number of anilines is 1. The zero-order chi connectivity index (χ0) is 20.2. The van der Waals surface area contributed by atoms with Crippen LogP contribution < -0.4 is 10.2 Å². The Bertz CT molecular complexity index is 806. The minimum absolute atomic E-state index is 0.0398. The Morgan fingerprint density at radius 3 is 2.59 bits per heavy atom. The third kappa shape index (κ3) is 4.80. The van der Waals surface area contributed by atoms with Crippen LogP contribution in [0.5, 0.6) is 0 Å². The molecular formula is C21H32N6OS. The van der Waals surface area contributed by atoms with Crippen molar-refractivity contribution in [3.8, 4) is 5.13 Å². The van der Waals surface area contributed by atoms with Crippen LogP contribution in [0.15, 0.2) is 12.1 Å². The maximum atomic E-state index is 12.7. The monoisotopic (exact) mass is 416 g/mol. The zero-order valence-corrected chi connectivity index (χ0v) is 18.4. The lowest BCUT2D eigenvalue weighted by molar-refractivity contribution is -0.125. The molecule has 4 heterocycles. The fraction of sp³-hybridized carbons (Fsp3) is 0.667. The van der Waals surface area contributed by atoms with Crippen LogP contribution in [0.25, 0.3) is 5.13 Å². The van der Waals surface area contributed by atoms with Crippen LogP contribution in [0.4, 0.5) is 5.13 Å². The molecule has 1 N–H and O–H groups in total. The highest BCUT2D eigenvalue weighted by Gasteiger charge is 2.28. The van der Waals surface area contributed by atoms with Crippen LogP contribution in [-0.2, 0) is 4.79 Å². The van der Waals surface area contributed by atoms with Crippen molar-refractivity contribution >= 4 is 22.4 Å². The van der Waals surface area contributed by atoms with E-state index < -0.39 is 0 Å². The topological polar surface area (TPSA) is 66.3 Å². The van der Waals surface area contributed by atoms with Gasteiger partial charge >= 0.3 is 0 Å². The van der Waals surface area contributed by atoms with Crippen LogP contribution in [0, 0.1) is 19.8 Å². The first-order chi connectivity index (χ1) is 14.1. The van der Waals surface area contributed by atoms with Crippen molar-refractivity contribution in [1.29, 1.82) is 0 Å². The molecule has 0 bridgehead atoms. The maximum Gasteiger partial charge on any atom is 0.224 e. The van der Waals surface area contributed by atoms with Gasteiger partial charge in [0.1, 0.15) is 0 Å². The van der Waals surface area contributed by atoms with Crippen molar-refractivity contribution in [2.45, 2.75) is 46.0 Å². The van der Waals surface area contributed by atoms with Gasteiger partial charge in [-0.1, -0.05) is 11.3 Å². The first-order valence-electron chi connectivity index (χ1n) is 10.9. The summed E-state index contributed by atoms with van der Waals surface area (Å²) in [5, 5.41) is 13.8. The van der Waals surface area contributed by atoms with Gasteiger partial charge in [-0.15, -0.1) is 10.2 Å². The molecule has 1 atom stereocenters. The van der Waals surface area contributed by atoms with Crippen molar-refractivity contribution in [2.24, 2.45) is 5.92 Å². The molecule has 0 saturated carbocycles. The third-order valence-corrected chi connectivity index (χ3v) is 7.05. The Kier molecular flexibility index (Phi) is 6.50. The molecule has 2 aliphatic rings. The second-order valence-electron chi connectivity index (χ2n) is 8.30. The molecule has 7 nitrogen and oxygen atoms in total. The smallest absolute Gasteiger partial charge is 0.224 e. The van der Waals surface area contributed by atoms with Gasteiger partial charge in [-0.05, 0) is 77.7 Å². The number of nitrogens with one attached hydrogen (secondary N) is 1. The molecule has 2 aliphatic heterocycles. The number of likely N-dealkylation sites (tertiary alicyclic amines) is 1. The number of hydrogen-bond donors (Lipinski definition) is 1. The highest BCUT2D eigenvalue weighted by atomic mass is 32.1. The Morgan fingerprint density at radius 2 is 1.83 bits per heavy atom. The lowest BCUT2D eigenvalue weighted by atomic mass is 9.97. The standard InChI is InChI=1S/C21H32N6OS/c1-16-8-9-17(2)27(16)21-24-23-20(29-21)26-14-5-7-18(15-26)19(28)22-10-6-13-25-11-3-4-12-25/h8-9,18H,3-7,10-15H2,1-2H3,(H,22,28). The summed E-state index contributed by atoms with van der Waals surface area (Å²) >= 11 is 1.60. The summed E-state index contributed by atoms with van der Waals surface area (Å²) in [5.41, 5.74) is 2.32. The van der Waals surface area contributed by atoms with Crippen molar-refractivity contribution < 1.29 is 4.79 Å². The normalized spacial score (nSPS) is 20.3. The van der Waals surface area contributed by atoms with Gasteiger partial charge in [0.05, 0.1) is 5.92 Å². The van der Waals surface area contributed by atoms with Gasteiger partial charge in [-0.25, -0.2) is 0 Å². The molecule has 2 saturated heterocycles. The molecule has 0 aromatic carbocycles. The SMILES string of the molecule is Cc1ccc(C)n1-c1nnc(N2CCCC(C(=O)NCCCN3CCCC3)C2)s1. The number of hydrogen-bond acceptors (Lipinski definition) is 6. The van der Waals surface area contributed by atoms with E-state index in [4.69, 9.17) is 0 Å².